The standard InChI is InChI=1S/C13H19F2N3O/c1-9-8-16-6-4-11(9)5-7-17-12(19)18-10(2)13(3,14)15/h4,6,8,10H,5,7H2,1-3H3,(H2,17,18,19). The van der Waals surface area contributed by atoms with Gasteiger partial charge < -0.3 is 10.6 Å². The molecular formula is C13H19F2N3O. The monoisotopic (exact) mass is 271 g/mol. The summed E-state index contributed by atoms with van der Waals surface area (Å²) in [5, 5.41) is 4.77. The van der Waals surface area contributed by atoms with Gasteiger partial charge >= 0.3 is 6.03 Å². The number of carbonyl (C=O) groups is 1. The third-order valence-electron chi connectivity index (χ3n) is 2.92. The maximum atomic E-state index is 12.9. The van der Waals surface area contributed by atoms with Gasteiger partial charge in [0.2, 0.25) is 0 Å². The zero-order valence-electron chi connectivity index (χ0n) is 11.3. The van der Waals surface area contributed by atoms with Crippen molar-refractivity contribution >= 4 is 6.03 Å². The van der Waals surface area contributed by atoms with Gasteiger partial charge in [-0.1, -0.05) is 0 Å². The SMILES string of the molecule is Cc1cnccc1CCNC(=O)NC(C)C(C)(F)F. The number of amides is 2. The van der Waals surface area contributed by atoms with Gasteiger partial charge in [0.1, 0.15) is 0 Å². The minimum atomic E-state index is -2.93. The van der Waals surface area contributed by atoms with Crippen molar-refractivity contribution in [1.82, 2.24) is 15.6 Å². The summed E-state index contributed by atoms with van der Waals surface area (Å²) in [4.78, 5) is 15.4. The molecule has 0 aliphatic rings. The maximum absolute atomic E-state index is 12.9. The molecule has 0 bridgehead atoms. The number of nitrogens with zero attached hydrogens (tertiary/aromatic N) is 1. The van der Waals surface area contributed by atoms with Crippen LogP contribution in [0.4, 0.5) is 13.6 Å². The second kappa shape index (κ2) is 6.45. The first-order valence-corrected chi connectivity index (χ1v) is 6.12. The number of aryl methyl sites for hydroxylation is 1. The third kappa shape index (κ3) is 5.19. The number of nitrogens with one attached hydrogen (secondary N) is 2. The summed E-state index contributed by atoms with van der Waals surface area (Å²) in [6.07, 6.45) is 4.07. The van der Waals surface area contributed by atoms with Gasteiger partial charge in [-0.15, -0.1) is 0 Å². The van der Waals surface area contributed by atoms with Crippen molar-refractivity contribution in [3.63, 3.8) is 0 Å². The van der Waals surface area contributed by atoms with Crippen LogP contribution in [0.25, 0.3) is 0 Å². The molecule has 0 aliphatic heterocycles. The fourth-order valence-electron chi connectivity index (χ4n) is 1.47. The van der Waals surface area contributed by atoms with Crippen LogP contribution in [-0.2, 0) is 6.42 Å². The lowest BCUT2D eigenvalue weighted by Gasteiger charge is -2.20. The Labute approximate surface area is 111 Å². The minimum Gasteiger partial charge on any atom is -0.338 e. The van der Waals surface area contributed by atoms with Crippen LogP contribution in [0.3, 0.4) is 0 Å². The van der Waals surface area contributed by atoms with E-state index in [0.29, 0.717) is 13.0 Å². The van der Waals surface area contributed by atoms with E-state index in [-0.39, 0.29) is 0 Å². The Kier molecular flexibility index (Phi) is 5.20. The Morgan fingerprint density at radius 2 is 2.21 bits per heavy atom. The molecule has 1 aromatic heterocycles. The Morgan fingerprint density at radius 1 is 1.53 bits per heavy atom. The topological polar surface area (TPSA) is 54.0 Å². The fourth-order valence-corrected chi connectivity index (χ4v) is 1.47. The third-order valence-corrected chi connectivity index (χ3v) is 2.92. The average Bonchev–Trinajstić information content (AvgIpc) is 2.30. The number of halogens is 2. The Balaban J connectivity index is 2.34. The number of pyridine rings is 1. The summed E-state index contributed by atoms with van der Waals surface area (Å²) in [7, 11) is 0. The van der Waals surface area contributed by atoms with Gasteiger partial charge in [0.25, 0.3) is 5.92 Å². The van der Waals surface area contributed by atoms with E-state index in [0.717, 1.165) is 18.1 Å². The highest BCUT2D eigenvalue weighted by atomic mass is 19.3. The number of rotatable bonds is 5. The second-order valence-electron chi connectivity index (χ2n) is 4.63. The number of urea groups is 1. The van der Waals surface area contributed by atoms with E-state index in [2.05, 4.69) is 15.6 Å². The van der Waals surface area contributed by atoms with Crippen molar-refractivity contribution in [2.24, 2.45) is 0 Å². The summed E-state index contributed by atoms with van der Waals surface area (Å²) >= 11 is 0. The molecule has 1 unspecified atom stereocenters. The van der Waals surface area contributed by atoms with Gasteiger partial charge in [-0.25, -0.2) is 13.6 Å². The number of aromatic nitrogens is 1. The molecule has 1 rings (SSSR count). The molecule has 0 fully saturated rings. The van der Waals surface area contributed by atoms with Crippen molar-refractivity contribution in [1.29, 1.82) is 0 Å². The molecule has 4 nitrogen and oxygen atoms in total. The van der Waals surface area contributed by atoms with Crippen molar-refractivity contribution in [2.45, 2.75) is 39.2 Å². The summed E-state index contributed by atoms with van der Waals surface area (Å²) in [6, 6.07) is 0.0912. The molecule has 1 atom stereocenters. The highest BCUT2D eigenvalue weighted by Gasteiger charge is 2.31. The second-order valence-corrected chi connectivity index (χ2v) is 4.63. The summed E-state index contributed by atoms with van der Waals surface area (Å²) in [5.41, 5.74) is 2.11. The number of alkyl halides is 2. The van der Waals surface area contributed by atoms with E-state index in [9.17, 15) is 13.6 Å². The molecule has 1 aromatic rings. The van der Waals surface area contributed by atoms with E-state index in [1.165, 1.54) is 6.92 Å². The first-order valence-electron chi connectivity index (χ1n) is 6.12. The molecule has 19 heavy (non-hydrogen) atoms. The Morgan fingerprint density at radius 3 is 2.79 bits per heavy atom. The minimum absolute atomic E-state index is 0.388. The molecule has 2 amide bonds. The van der Waals surface area contributed by atoms with Crippen LogP contribution >= 0.6 is 0 Å². The maximum Gasteiger partial charge on any atom is 0.315 e. The molecule has 106 valence electrons. The molecule has 0 radical (unpaired) electrons. The largest absolute Gasteiger partial charge is 0.338 e. The van der Waals surface area contributed by atoms with E-state index in [1.54, 1.807) is 12.4 Å². The molecule has 6 heteroatoms. The smallest absolute Gasteiger partial charge is 0.315 e. The zero-order chi connectivity index (χ0) is 14.5. The normalized spacial score (nSPS) is 12.9. The van der Waals surface area contributed by atoms with Gasteiger partial charge in [0.05, 0.1) is 6.04 Å². The van der Waals surface area contributed by atoms with Crippen LogP contribution in [0.2, 0.25) is 0 Å². The van der Waals surface area contributed by atoms with Crippen molar-refractivity contribution in [2.75, 3.05) is 6.54 Å². The van der Waals surface area contributed by atoms with Gasteiger partial charge in [0, 0.05) is 25.9 Å². The van der Waals surface area contributed by atoms with Crippen LogP contribution in [-0.4, -0.2) is 29.5 Å². The van der Waals surface area contributed by atoms with Gasteiger partial charge in [-0.2, -0.15) is 0 Å². The molecular weight excluding hydrogens is 252 g/mol. The van der Waals surface area contributed by atoms with E-state index >= 15 is 0 Å². The number of carbonyl (C=O) groups excluding carboxylic acids is 1. The summed E-state index contributed by atoms with van der Waals surface area (Å²) in [6.45, 7) is 4.37. The molecule has 0 saturated carbocycles. The molecule has 0 saturated heterocycles. The number of hydrogen-bond acceptors (Lipinski definition) is 2. The van der Waals surface area contributed by atoms with Crippen molar-refractivity contribution < 1.29 is 13.6 Å². The first-order chi connectivity index (χ1) is 8.80. The van der Waals surface area contributed by atoms with Crippen LogP contribution in [0, 0.1) is 6.92 Å². The van der Waals surface area contributed by atoms with E-state index < -0.39 is 18.0 Å². The lowest BCUT2D eigenvalue weighted by Crippen LogP contribution is -2.48. The Hall–Kier alpha value is -1.72. The first kappa shape index (κ1) is 15.3. The highest BCUT2D eigenvalue weighted by Crippen LogP contribution is 2.16. The quantitative estimate of drug-likeness (QED) is 0.863. The van der Waals surface area contributed by atoms with Crippen LogP contribution < -0.4 is 10.6 Å². The lowest BCUT2D eigenvalue weighted by molar-refractivity contribution is -0.00837. The molecule has 0 aliphatic carbocycles. The summed E-state index contributed by atoms with van der Waals surface area (Å²) < 4.78 is 25.7. The van der Waals surface area contributed by atoms with E-state index in [1.807, 2.05) is 13.0 Å². The molecule has 2 N–H and O–H groups in total. The van der Waals surface area contributed by atoms with E-state index in [4.69, 9.17) is 0 Å². The highest BCUT2D eigenvalue weighted by molar-refractivity contribution is 5.74. The predicted octanol–water partition coefficient (Wildman–Crippen LogP) is 2.28. The summed E-state index contributed by atoms with van der Waals surface area (Å²) in [5.74, 6) is -2.93. The zero-order valence-corrected chi connectivity index (χ0v) is 11.3. The number of hydrogen-bond donors (Lipinski definition) is 2. The van der Waals surface area contributed by atoms with Gasteiger partial charge in [-0.05, 0) is 37.5 Å². The Bertz CT molecular complexity index is 432. The van der Waals surface area contributed by atoms with Crippen molar-refractivity contribution in [3.05, 3.63) is 29.6 Å². The lowest BCUT2D eigenvalue weighted by atomic mass is 10.1. The molecule has 0 spiro atoms. The average molecular weight is 271 g/mol. The van der Waals surface area contributed by atoms with Gasteiger partial charge in [0.15, 0.2) is 0 Å². The van der Waals surface area contributed by atoms with Crippen LogP contribution in [0.15, 0.2) is 18.5 Å². The van der Waals surface area contributed by atoms with Crippen molar-refractivity contribution in [3.8, 4) is 0 Å². The molecule has 1 heterocycles. The predicted molar refractivity (Wildman–Crippen MR) is 69.3 cm³/mol. The fraction of sp³-hybridized carbons (Fsp3) is 0.538. The van der Waals surface area contributed by atoms with Gasteiger partial charge in [-0.3, -0.25) is 4.98 Å². The molecule has 0 aromatic carbocycles. The van der Waals surface area contributed by atoms with Crippen LogP contribution in [0.5, 0.6) is 0 Å². The van der Waals surface area contributed by atoms with Crippen LogP contribution in [0.1, 0.15) is 25.0 Å².